The molecule has 0 aliphatic heterocycles. The highest BCUT2D eigenvalue weighted by atomic mass is 79.9. The highest BCUT2D eigenvalue weighted by Gasteiger charge is 2.27. The van der Waals surface area contributed by atoms with Gasteiger partial charge in [-0.15, -0.1) is 11.3 Å². The van der Waals surface area contributed by atoms with Gasteiger partial charge in [-0.05, 0) is 35.3 Å². The molecule has 0 saturated heterocycles. The molecule has 1 aromatic rings. The van der Waals surface area contributed by atoms with Crippen molar-refractivity contribution >= 4 is 54.5 Å². The molecule has 8 heteroatoms. The monoisotopic (exact) mass is 370 g/mol. The Labute approximate surface area is 125 Å². The molecule has 0 aliphatic rings. The summed E-state index contributed by atoms with van der Waals surface area (Å²) in [5.74, 6) is 0. The fraction of sp³-hybridized carbons (Fsp3) is 0.500. The van der Waals surface area contributed by atoms with Crippen LogP contribution in [0.3, 0.4) is 0 Å². The number of hydrogen-bond donors (Lipinski definition) is 1. The van der Waals surface area contributed by atoms with Gasteiger partial charge in [0.05, 0.1) is 20.2 Å². The number of rotatable bonds is 6. The van der Waals surface area contributed by atoms with E-state index in [9.17, 15) is 8.42 Å². The first kappa shape index (κ1) is 16.0. The van der Waals surface area contributed by atoms with Gasteiger partial charge in [0.1, 0.15) is 0 Å². The molecule has 2 N–H and O–H groups in total. The zero-order valence-corrected chi connectivity index (χ0v) is 14.2. The van der Waals surface area contributed by atoms with Gasteiger partial charge in [0.2, 0.25) is 10.0 Å². The lowest BCUT2D eigenvalue weighted by Gasteiger charge is -2.20. The van der Waals surface area contributed by atoms with E-state index < -0.39 is 10.0 Å². The van der Waals surface area contributed by atoms with Crippen LogP contribution in [0.2, 0.25) is 0 Å². The summed E-state index contributed by atoms with van der Waals surface area (Å²) in [6, 6.07) is 1.62. The third kappa shape index (κ3) is 3.74. The van der Waals surface area contributed by atoms with Gasteiger partial charge in [-0.25, -0.2) is 8.42 Å². The Morgan fingerprint density at radius 3 is 2.61 bits per heavy atom. The molecule has 0 saturated carbocycles. The first-order chi connectivity index (χ1) is 8.28. The minimum Gasteiger partial charge on any atom is -0.392 e. The lowest BCUT2D eigenvalue weighted by atomic mass is 10.5. The molecule has 0 bridgehead atoms. The Hall–Kier alpha value is -0.0200. The third-order valence-electron chi connectivity index (χ3n) is 2.27. The quantitative estimate of drug-likeness (QED) is 0.781. The van der Waals surface area contributed by atoms with Crippen molar-refractivity contribution in [2.75, 3.05) is 13.1 Å². The number of halogens is 1. The normalized spacial score (nSPS) is 12.0. The Bertz CT molecular complexity index is 539. The molecule has 0 aliphatic carbocycles. The Balaban J connectivity index is 3.16. The minimum atomic E-state index is -3.52. The number of thiocarbonyl (C=S) groups is 1. The number of hydrogen-bond acceptors (Lipinski definition) is 4. The van der Waals surface area contributed by atoms with Crippen molar-refractivity contribution in [2.45, 2.75) is 25.2 Å². The van der Waals surface area contributed by atoms with Crippen LogP contribution in [0.25, 0.3) is 0 Å². The third-order valence-corrected chi connectivity index (χ3v) is 6.05. The van der Waals surface area contributed by atoms with Gasteiger partial charge in [-0.3, -0.25) is 0 Å². The van der Waals surface area contributed by atoms with Crippen LogP contribution in [0.1, 0.15) is 18.2 Å². The molecule has 0 aromatic carbocycles. The molecular weight excluding hydrogens is 356 g/mol. The first-order valence-electron chi connectivity index (χ1n) is 5.33. The van der Waals surface area contributed by atoms with Crippen LogP contribution < -0.4 is 5.73 Å². The van der Waals surface area contributed by atoms with E-state index in [0.29, 0.717) is 17.9 Å². The SMILES string of the molecule is CCCN(CC(N)=S)S(=O)(=O)c1cc(Br)sc1C. The molecule has 0 spiro atoms. The van der Waals surface area contributed by atoms with E-state index in [2.05, 4.69) is 15.9 Å². The zero-order chi connectivity index (χ0) is 13.9. The second kappa shape index (κ2) is 6.42. The molecule has 1 aromatic heterocycles. The van der Waals surface area contributed by atoms with Crippen LogP contribution in [0, 0.1) is 6.92 Å². The molecule has 18 heavy (non-hydrogen) atoms. The fourth-order valence-electron chi connectivity index (χ4n) is 1.53. The number of thiophene rings is 1. The van der Waals surface area contributed by atoms with Crippen molar-refractivity contribution in [1.82, 2.24) is 4.31 Å². The van der Waals surface area contributed by atoms with Crippen molar-refractivity contribution in [3.05, 3.63) is 14.7 Å². The molecule has 0 unspecified atom stereocenters. The van der Waals surface area contributed by atoms with Crippen molar-refractivity contribution in [2.24, 2.45) is 5.73 Å². The summed E-state index contributed by atoms with van der Waals surface area (Å²) in [4.78, 5) is 1.26. The van der Waals surface area contributed by atoms with Gasteiger partial charge in [0, 0.05) is 11.4 Å². The van der Waals surface area contributed by atoms with Crippen LogP contribution >= 0.6 is 39.5 Å². The summed E-state index contributed by atoms with van der Waals surface area (Å²) < 4.78 is 27.1. The van der Waals surface area contributed by atoms with Gasteiger partial charge < -0.3 is 5.73 Å². The Kier molecular flexibility index (Phi) is 5.72. The average molecular weight is 371 g/mol. The Morgan fingerprint density at radius 2 is 2.22 bits per heavy atom. The number of sulfonamides is 1. The van der Waals surface area contributed by atoms with E-state index in [1.807, 2.05) is 6.92 Å². The van der Waals surface area contributed by atoms with Crippen molar-refractivity contribution in [1.29, 1.82) is 0 Å². The lowest BCUT2D eigenvalue weighted by Crippen LogP contribution is -2.38. The largest absolute Gasteiger partial charge is 0.392 e. The van der Waals surface area contributed by atoms with Gasteiger partial charge in [-0.1, -0.05) is 19.1 Å². The van der Waals surface area contributed by atoms with Gasteiger partial charge in [0.15, 0.2) is 0 Å². The summed E-state index contributed by atoms with van der Waals surface area (Å²) in [5.41, 5.74) is 5.46. The molecule has 102 valence electrons. The number of nitrogens with two attached hydrogens (primary N) is 1. The maximum Gasteiger partial charge on any atom is 0.244 e. The molecule has 1 heterocycles. The predicted molar refractivity (Wildman–Crippen MR) is 82.6 cm³/mol. The van der Waals surface area contributed by atoms with Crippen LogP contribution in [0.5, 0.6) is 0 Å². The predicted octanol–water partition coefficient (Wildman–Crippen LogP) is 2.51. The van der Waals surface area contributed by atoms with Crippen LogP contribution in [-0.2, 0) is 10.0 Å². The van der Waals surface area contributed by atoms with Gasteiger partial charge in [-0.2, -0.15) is 4.31 Å². The summed E-state index contributed by atoms with van der Waals surface area (Å²) in [5, 5.41) is 0. The van der Waals surface area contributed by atoms with Crippen LogP contribution in [0.15, 0.2) is 14.7 Å². The van der Waals surface area contributed by atoms with Crippen molar-refractivity contribution in [3.8, 4) is 0 Å². The molecule has 4 nitrogen and oxygen atoms in total. The lowest BCUT2D eigenvalue weighted by molar-refractivity contribution is 0.449. The maximum absolute atomic E-state index is 12.5. The van der Waals surface area contributed by atoms with Crippen LogP contribution in [0.4, 0.5) is 0 Å². The smallest absolute Gasteiger partial charge is 0.244 e. The fourth-order valence-corrected chi connectivity index (χ4v) is 5.66. The molecule has 1 rings (SSSR count). The van der Waals surface area contributed by atoms with E-state index in [-0.39, 0.29) is 11.5 Å². The van der Waals surface area contributed by atoms with E-state index >= 15 is 0 Å². The van der Waals surface area contributed by atoms with Gasteiger partial charge >= 0.3 is 0 Å². The minimum absolute atomic E-state index is 0.0818. The molecular formula is C10H15BrN2O2S3. The molecule has 0 atom stereocenters. The summed E-state index contributed by atoms with van der Waals surface area (Å²) in [6.07, 6.45) is 0.714. The Morgan fingerprint density at radius 1 is 1.61 bits per heavy atom. The highest BCUT2D eigenvalue weighted by Crippen LogP contribution is 2.31. The number of aryl methyl sites for hydroxylation is 1. The highest BCUT2D eigenvalue weighted by molar-refractivity contribution is 9.11. The second-order valence-corrected chi connectivity index (χ2v) is 8.84. The van der Waals surface area contributed by atoms with Crippen LogP contribution in [-0.4, -0.2) is 30.8 Å². The average Bonchev–Trinajstić information content (AvgIpc) is 2.57. The topological polar surface area (TPSA) is 63.4 Å². The molecule has 0 amide bonds. The summed E-state index contributed by atoms with van der Waals surface area (Å²) >= 11 is 9.50. The summed E-state index contributed by atoms with van der Waals surface area (Å²) in [7, 11) is -3.52. The number of nitrogens with zero attached hydrogens (tertiary/aromatic N) is 1. The second-order valence-electron chi connectivity index (χ2n) is 3.78. The van der Waals surface area contributed by atoms with E-state index in [4.69, 9.17) is 18.0 Å². The van der Waals surface area contributed by atoms with Gasteiger partial charge in [0.25, 0.3) is 0 Å². The molecule has 0 fully saturated rings. The maximum atomic E-state index is 12.5. The van der Waals surface area contributed by atoms with E-state index in [1.165, 1.54) is 15.6 Å². The molecule has 0 radical (unpaired) electrons. The standard InChI is InChI=1S/C10H15BrN2O2S3/c1-3-4-13(6-10(12)16)18(14,15)8-5-9(11)17-7(8)2/h5H,3-4,6H2,1-2H3,(H2,12,16). The van der Waals surface area contributed by atoms with Crippen molar-refractivity contribution in [3.63, 3.8) is 0 Å². The van der Waals surface area contributed by atoms with E-state index in [1.54, 1.807) is 13.0 Å². The first-order valence-corrected chi connectivity index (χ1v) is 8.79. The zero-order valence-electron chi connectivity index (χ0n) is 10.1. The summed E-state index contributed by atoms with van der Waals surface area (Å²) in [6.45, 7) is 4.19. The van der Waals surface area contributed by atoms with E-state index in [0.717, 1.165) is 8.66 Å². The van der Waals surface area contributed by atoms with Crippen molar-refractivity contribution < 1.29 is 8.42 Å².